The molecule has 0 bridgehead atoms. The summed E-state index contributed by atoms with van der Waals surface area (Å²) in [4.78, 5) is 13.0. The molecule has 1 fully saturated rings. The lowest BCUT2D eigenvalue weighted by molar-refractivity contribution is -0.284. The second kappa shape index (κ2) is 9.68. The number of hydrogen-bond donors (Lipinski definition) is 1. The summed E-state index contributed by atoms with van der Waals surface area (Å²) >= 11 is 0. The van der Waals surface area contributed by atoms with Gasteiger partial charge in [-0.25, -0.2) is 0 Å². The van der Waals surface area contributed by atoms with Crippen LogP contribution in [0.4, 0.5) is 0 Å². The zero-order valence-corrected chi connectivity index (χ0v) is 19.3. The van der Waals surface area contributed by atoms with Crippen molar-refractivity contribution in [1.82, 2.24) is 5.32 Å². The Labute approximate surface area is 193 Å². The zero-order chi connectivity index (χ0) is 23.4. The number of methoxy groups -OCH3 is 2. The maximum atomic E-state index is 13.0. The van der Waals surface area contributed by atoms with Crippen LogP contribution in [0.25, 0.3) is 0 Å². The molecule has 1 aliphatic rings. The Hall–Kier alpha value is -3.29. The van der Waals surface area contributed by atoms with E-state index < -0.39 is 5.79 Å². The second-order valence-electron chi connectivity index (χ2n) is 8.36. The van der Waals surface area contributed by atoms with Gasteiger partial charge in [0.05, 0.1) is 26.9 Å². The van der Waals surface area contributed by atoms with E-state index in [0.29, 0.717) is 18.8 Å². The van der Waals surface area contributed by atoms with Crippen molar-refractivity contribution < 1.29 is 28.2 Å². The Bertz CT molecular complexity index is 1090. The largest absolute Gasteiger partial charge is 0.497 e. The number of amides is 1. The Morgan fingerprint density at radius 3 is 2.58 bits per heavy atom. The SMILES string of the molecule is COc1ccc(OC)c(Cc2ccc(C(=O)N[C@@H]3COC(C)(C)OC3c3ccccc3)o2)c1. The molecule has 7 nitrogen and oxygen atoms in total. The average molecular weight is 452 g/mol. The van der Waals surface area contributed by atoms with Crippen molar-refractivity contribution in [1.29, 1.82) is 0 Å². The van der Waals surface area contributed by atoms with Gasteiger partial charge in [0, 0.05) is 12.0 Å². The number of nitrogens with one attached hydrogen (secondary N) is 1. The van der Waals surface area contributed by atoms with E-state index >= 15 is 0 Å². The van der Waals surface area contributed by atoms with Crippen LogP contribution in [0.3, 0.4) is 0 Å². The Morgan fingerprint density at radius 2 is 1.85 bits per heavy atom. The van der Waals surface area contributed by atoms with E-state index in [9.17, 15) is 4.79 Å². The van der Waals surface area contributed by atoms with Crippen LogP contribution in [0.5, 0.6) is 11.5 Å². The maximum absolute atomic E-state index is 13.0. The van der Waals surface area contributed by atoms with E-state index in [1.807, 2.05) is 62.4 Å². The average Bonchev–Trinajstić information content (AvgIpc) is 3.29. The molecule has 2 heterocycles. The van der Waals surface area contributed by atoms with Crippen LogP contribution in [0.1, 0.15) is 47.4 Å². The molecular formula is C26H29NO6. The van der Waals surface area contributed by atoms with E-state index in [1.54, 1.807) is 26.4 Å². The minimum absolute atomic E-state index is 0.225. The third kappa shape index (κ3) is 5.38. The lowest BCUT2D eigenvalue weighted by atomic mass is 10.0. The van der Waals surface area contributed by atoms with Gasteiger partial charge in [-0.15, -0.1) is 0 Å². The smallest absolute Gasteiger partial charge is 0.287 e. The standard InChI is InChI=1S/C26H29NO6/c1-26(2)31-16-21(24(33-26)17-8-6-5-7-9-17)27-25(28)23-13-11-20(32-23)15-18-14-19(29-3)10-12-22(18)30-4/h5-14,21,24H,15-16H2,1-4H3,(H,27,28)/t21-,24?/m1/s1. The van der Waals surface area contributed by atoms with E-state index in [4.69, 9.17) is 23.4 Å². The highest BCUT2D eigenvalue weighted by Crippen LogP contribution is 2.33. The van der Waals surface area contributed by atoms with Crippen LogP contribution in [0.15, 0.2) is 65.1 Å². The molecule has 7 heteroatoms. The van der Waals surface area contributed by atoms with Gasteiger partial charge in [0.25, 0.3) is 5.91 Å². The lowest BCUT2D eigenvalue weighted by Gasteiger charge is -2.41. The van der Waals surface area contributed by atoms with E-state index in [1.165, 1.54) is 0 Å². The molecule has 1 unspecified atom stereocenters. The number of carbonyl (C=O) groups excluding carboxylic acids is 1. The van der Waals surface area contributed by atoms with Crippen molar-refractivity contribution in [2.45, 2.75) is 38.2 Å². The van der Waals surface area contributed by atoms with Gasteiger partial charge in [-0.2, -0.15) is 0 Å². The summed E-state index contributed by atoms with van der Waals surface area (Å²) in [6, 6.07) is 18.5. The predicted octanol–water partition coefficient (Wildman–Crippen LogP) is 4.51. The maximum Gasteiger partial charge on any atom is 0.287 e. The molecule has 2 atom stereocenters. The number of ether oxygens (including phenoxy) is 4. The monoisotopic (exact) mass is 451 g/mol. The molecule has 0 saturated carbocycles. The second-order valence-corrected chi connectivity index (χ2v) is 8.36. The topological polar surface area (TPSA) is 79.2 Å². The summed E-state index contributed by atoms with van der Waals surface area (Å²) in [7, 11) is 3.23. The van der Waals surface area contributed by atoms with Gasteiger partial charge in [0.2, 0.25) is 0 Å². The van der Waals surface area contributed by atoms with Crippen LogP contribution in [-0.4, -0.2) is 38.6 Å². The van der Waals surface area contributed by atoms with E-state index in [2.05, 4.69) is 5.32 Å². The third-order valence-corrected chi connectivity index (χ3v) is 5.57. The number of rotatable bonds is 7. The Kier molecular flexibility index (Phi) is 6.72. The van der Waals surface area contributed by atoms with Gasteiger partial charge in [-0.1, -0.05) is 30.3 Å². The fourth-order valence-electron chi connectivity index (χ4n) is 3.90. The molecule has 2 aromatic carbocycles. The number of benzene rings is 2. The highest BCUT2D eigenvalue weighted by molar-refractivity contribution is 5.91. The van der Waals surface area contributed by atoms with Crippen LogP contribution >= 0.6 is 0 Å². The summed E-state index contributed by atoms with van der Waals surface area (Å²) < 4.78 is 28.6. The molecule has 1 amide bonds. The fraction of sp³-hybridized carbons (Fsp3) is 0.346. The minimum atomic E-state index is -0.741. The number of carbonyl (C=O) groups is 1. The van der Waals surface area contributed by atoms with Gasteiger partial charge < -0.3 is 28.7 Å². The highest BCUT2D eigenvalue weighted by atomic mass is 16.7. The summed E-state index contributed by atoms with van der Waals surface area (Å²) in [5, 5.41) is 3.01. The van der Waals surface area contributed by atoms with Gasteiger partial charge in [-0.05, 0) is 49.7 Å². The molecule has 3 aromatic rings. The summed E-state index contributed by atoms with van der Waals surface area (Å²) in [5.74, 6) is 1.25. The van der Waals surface area contributed by atoms with Gasteiger partial charge in [0.1, 0.15) is 23.4 Å². The van der Waals surface area contributed by atoms with Gasteiger partial charge in [-0.3, -0.25) is 4.79 Å². The summed E-state index contributed by atoms with van der Waals surface area (Å²) in [5.41, 5.74) is 1.88. The van der Waals surface area contributed by atoms with Crippen LogP contribution in [-0.2, 0) is 15.9 Å². The van der Waals surface area contributed by atoms with Crippen molar-refractivity contribution in [3.05, 3.63) is 83.3 Å². The molecule has 0 aliphatic carbocycles. The first-order chi connectivity index (χ1) is 15.9. The molecule has 1 aromatic heterocycles. The third-order valence-electron chi connectivity index (χ3n) is 5.57. The fourth-order valence-corrected chi connectivity index (χ4v) is 3.90. The molecule has 174 valence electrons. The lowest BCUT2D eigenvalue weighted by Crippen LogP contribution is -2.51. The molecule has 1 N–H and O–H groups in total. The van der Waals surface area contributed by atoms with Gasteiger partial charge >= 0.3 is 0 Å². The predicted molar refractivity (Wildman–Crippen MR) is 123 cm³/mol. The molecule has 1 aliphatic heterocycles. The highest BCUT2D eigenvalue weighted by Gasteiger charge is 2.38. The van der Waals surface area contributed by atoms with Crippen LogP contribution < -0.4 is 14.8 Å². The first-order valence-electron chi connectivity index (χ1n) is 10.9. The van der Waals surface area contributed by atoms with Gasteiger partial charge in [0.15, 0.2) is 11.5 Å². The number of furan rings is 1. The normalized spacial score (nSPS) is 19.6. The molecule has 0 spiro atoms. The van der Waals surface area contributed by atoms with Crippen molar-refractivity contribution in [2.75, 3.05) is 20.8 Å². The van der Waals surface area contributed by atoms with Crippen molar-refractivity contribution in [2.24, 2.45) is 0 Å². The Balaban J connectivity index is 1.48. The van der Waals surface area contributed by atoms with Crippen molar-refractivity contribution in [3.8, 4) is 11.5 Å². The minimum Gasteiger partial charge on any atom is -0.497 e. The van der Waals surface area contributed by atoms with E-state index in [-0.39, 0.29) is 23.8 Å². The molecule has 0 radical (unpaired) electrons. The zero-order valence-electron chi connectivity index (χ0n) is 19.3. The quantitative estimate of drug-likeness (QED) is 0.569. The first-order valence-corrected chi connectivity index (χ1v) is 10.9. The van der Waals surface area contributed by atoms with Crippen molar-refractivity contribution >= 4 is 5.91 Å². The summed E-state index contributed by atoms with van der Waals surface area (Å²) in [6.07, 6.45) is 0.124. The number of hydrogen-bond acceptors (Lipinski definition) is 6. The molecule has 4 rings (SSSR count). The van der Waals surface area contributed by atoms with E-state index in [0.717, 1.165) is 22.6 Å². The molecule has 1 saturated heterocycles. The molecular weight excluding hydrogens is 422 g/mol. The van der Waals surface area contributed by atoms with Crippen LogP contribution in [0.2, 0.25) is 0 Å². The van der Waals surface area contributed by atoms with Crippen molar-refractivity contribution in [3.63, 3.8) is 0 Å². The Morgan fingerprint density at radius 1 is 1.06 bits per heavy atom. The van der Waals surface area contributed by atoms with Crippen LogP contribution in [0, 0.1) is 0 Å². The summed E-state index contributed by atoms with van der Waals surface area (Å²) in [6.45, 7) is 4.06. The molecule has 33 heavy (non-hydrogen) atoms. The first kappa shape index (κ1) is 22.9.